The Morgan fingerprint density at radius 2 is 2.42 bits per heavy atom. The van der Waals surface area contributed by atoms with E-state index in [2.05, 4.69) is 10.1 Å². The highest BCUT2D eigenvalue weighted by atomic mass is 15.3. The molecule has 0 radical (unpaired) electrons. The summed E-state index contributed by atoms with van der Waals surface area (Å²) in [6, 6.07) is 5.66. The van der Waals surface area contributed by atoms with Crippen LogP contribution in [-0.2, 0) is 7.05 Å². The fraction of sp³-hybridized carbons (Fsp3) is 0.125. The summed E-state index contributed by atoms with van der Waals surface area (Å²) in [5.41, 5.74) is 1.18. The quantitative estimate of drug-likeness (QED) is 0.570. The van der Waals surface area contributed by atoms with Crippen LogP contribution in [-0.4, -0.2) is 14.8 Å². The van der Waals surface area contributed by atoms with Gasteiger partial charge in [0.2, 0.25) is 0 Å². The van der Waals surface area contributed by atoms with Gasteiger partial charge in [-0.2, -0.15) is 10.4 Å². The van der Waals surface area contributed by atoms with Gasteiger partial charge in [-0.3, -0.25) is 0 Å². The van der Waals surface area contributed by atoms with Gasteiger partial charge in [0.25, 0.3) is 0 Å². The number of nitrogens with zero attached hydrogens (tertiary/aromatic N) is 4. The Morgan fingerprint density at radius 3 is 3.17 bits per heavy atom. The van der Waals surface area contributed by atoms with Gasteiger partial charge in [0.1, 0.15) is 6.07 Å². The lowest BCUT2D eigenvalue weighted by atomic mass is 10.3. The molecule has 0 unspecified atom stereocenters. The minimum absolute atomic E-state index is 0.431. The first-order valence-corrected chi connectivity index (χ1v) is 3.51. The number of nitriles is 1. The molecule has 2 heterocycles. The molecule has 0 atom stereocenters. The first-order chi connectivity index (χ1) is 5.83. The van der Waals surface area contributed by atoms with Gasteiger partial charge in [-0.25, -0.2) is 9.67 Å². The van der Waals surface area contributed by atoms with E-state index in [1.54, 1.807) is 24.0 Å². The molecule has 0 fully saturated rings. The van der Waals surface area contributed by atoms with Crippen LogP contribution in [0.25, 0.3) is 11.0 Å². The molecule has 0 spiro atoms. The zero-order chi connectivity index (χ0) is 8.55. The van der Waals surface area contributed by atoms with Crippen molar-refractivity contribution in [1.82, 2.24) is 14.8 Å². The van der Waals surface area contributed by atoms with Crippen LogP contribution < -0.4 is 0 Å². The molecule has 2 aromatic rings. The summed E-state index contributed by atoms with van der Waals surface area (Å²) in [7, 11) is 1.77. The van der Waals surface area contributed by atoms with Crippen molar-refractivity contribution in [3.8, 4) is 6.07 Å². The van der Waals surface area contributed by atoms with Gasteiger partial charge >= 0.3 is 0 Å². The fourth-order valence-corrected chi connectivity index (χ4v) is 1.17. The third-order valence-electron chi connectivity index (χ3n) is 1.70. The minimum atomic E-state index is 0.431. The first-order valence-electron chi connectivity index (χ1n) is 3.51. The van der Waals surface area contributed by atoms with Crippen molar-refractivity contribution in [3.05, 3.63) is 24.0 Å². The molecule has 2 aromatic heterocycles. The maximum atomic E-state index is 8.70. The highest BCUT2D eigenvalue weighted by Crippen LogP contribution is 2.13. The minimum Gasteiger partial charge on any atom is -0.249 e. The first kappa shape index (κ1) is 6.80. The van der Waals surface area contributed by atoms with Crippen molar-refractivity contribution in [3.63, 3.8) is 0 Å². The van der Waals surface area contributed by atoms with Crippen molar-refractivity contribution in [1.29, 1.82) is 5.26 Å². The highest BCUT2D eigenvalue weighted by molar-refractivity contribution is 5.80. The molecule has 2 rings (SSSR count). The molecular weight excluding hydrogens is 152 g/mol. The van der Waals surface area contributed by atoms with E-state index in [1.165, 1.54) is 0 Å². The van der Waals surface area contributed by atoms with Crippen molar-refractivity contribution < 1.29 is 0 Å². The zero-order valence-corrected chi connectivity index (χ0v) is 6.52. The molecule has 0 saturated carbocycles. The summed E-state index contributed by atoms with van der Waals surface area (Å²) in [6.07, 6.45) is 1.69. The summed E-state index contributed by atoms with van der Waals surface area (Å²) in [5, 5.41) is 13.5. The molecule has 0 N–H and O–H groups in total. The SMILES string of the molecule is Cn1nc(C#N)c2cccnc21. The van der Waals surface area contributed by atoms with E-state index >= 15 is 0 Å². The van der Waals surface area contributed by atoms with Crippen molar-refractivity contribution >= 4 is 11.0 Å². The largest absolute Gasteiger partial charge is 0.249 e. The molecule has 4 nitrogen and oxygen atoms in total. The highest BCUT2D eigenvalue weighted by Gasteiger charge is 2.06. The molecule has 58 valence electrons. The summed E-state index contributed by atoms with van der Waals surface area (Å²) >= 11 is 0. The average Bonchev–Trinajstić information content (AvgIpc) is 2.44. The van der Waals surface area contributed by atoms with Gasteiger partial charge in [0, 0.05) is 13.2 Å². The molecule has 0 aliphatic rings. The predicted molar refractivity (Wildman–Crippen MR) is 43.2 cm³/mol. The number of pyridine rings is 1. The van der Waals surface area contributed by atoms with E-state index in [0.717, 1.165) is 11.0 Å². The molecule has 0 aliphatic carbocycles. The monoisotopic (exact) mass is 158 g/mol. The molecule has 4 heteroatoms. The van der Waals surface area contributed by atoms with Crippen LogP contribution in [0.2, 0.25) is 0 Å². The Labute approximate surface area is 69.1 Å². The maximum absolute atomic E-state index is 8.70. The fourth-order valence-electron chi connectivity index (χ4n) is 1.17. The summed E-state index contributed by atoms with van der Waals surface area (Å²) in [5.74, 6) is 0. The number of aromatic nitrogens is 3. The molecule has 0 bridgehead atoms. The molecular formula is C8H6N4. The van der Waals surface area contributed by atoms with E-state index in [-0.39, 0.29) is 0 Å². The normalized spacial score (nSPS) is 10.0. The van der Waals surface area contributed by atoms with Gasteiger partial charge in [0.15, 0.2) is 11.3 Å². The lowest BCUT2D eigenvalue weighted by Gasteiger charge is -1.88. The summed E-state index contributed by atoms with van der Waals surface area (Å²) in [6.45, 7) is 0. The maximum Gasteiger partial charge on any atom is 0.171 e. The van der Waals surface area contributed by atoms with Crippen LogP contribution in [0.3, 0.4) is 0 Å². The third kappa shape index (κ3) is 0.768. The number of hydrogen-bond acceptors (Lipinski definition) is 3. The van der Waals surface area contributed by atoms with Gasteiger partial charge in [-0.1, -0.05) is 0 Å². The van der Waals surface area contributed by atoms with Crippen molar-refractivity contribution in [2.24, 2.45) is 7.05 Å². The van der Waals surface area contributed by atoms with E-state index in [0.29, 0.717) is 5.69 Å². The van der Waals surface area contributed by atoms with Gasteiger partial charge < -0.3 is 0 Å². The summed E-state index contributed by atoms with van der Waals surface area (Å²) < 4.78 is 1.61. The van der Waals surface area contributed by atoms with Crippen LogP contribution in [0.4, 0.5) is 0 Å². The zero-order valence-electron chi connectivity index (χ0n) is 6.52. The van der Waals surface area contributed by atoms with E-state index in [1.807, 2.05) is 12.1 Å². The predicted octanol–water partition coefficient (Wildman–Crippen LogP) is 0.840. The van der Waals surface area contributed by atoms with E-state index < -0.39 is 0 Å². The number of fused-ring (bicyclic) bond motifs is 1. The molecule has 0 amide bonds. The third-order valence-corrected chi connectivity index (χ3v) is 1.70. The van der Waals surface area contributed by atoms with Crippen molar-refractivity contribution in [2.45, 2.75) is 0 Å². The van der Waals surface area contributed by atoms with Gasteiger partial charge in [0.05, 0.1) is 5.39 Å². The number of hydrogen-bond donors (Lipinski definition) is 0. The Balaban J connectivity index is 2.94. The van der Waals surface area contributed by atoms with Crippen LogP contribution in [0.5, 0.6) is 0 Å². The second-order valence-corrected chi connectivity index (χ2v) is 2.46. The average molecular weight is 158 g/mol. The Morgan fingerprint density at radius 1 is 1.58 bits per heavy atom. The lowest BCUT2D eigenvalue weighted by Crippen LogP contribution is -1.90. The molecule has 0 aromatic carbocycles. The summed E-state index contributed by atoms with van der Waals surface area (Å²) in [4.78, 5) is 4.10. The van der Waals surface area contributed by atoms with Gasteiger partial charge in [-0.05, 0) is 12.1 Å². The molecule has 0 aliphatic heterocycles. The topological polar surface area (TPSA) is 54.5 Å². The Kier molecular flexibility index (Phi) is 1.31. The lowest BCUT2D eigenvalue weighted by molar-refractivity contribution is 0.781. The Hall–Kier alpha value is -1.89. The van der Waals surface area contributed by atoms with Crippen LogP contribution in [0.1, 0.15) is 5.69 Å². The number of aryl methyl sites for hydroxylation is 1. The second-order valence-electron chi connectivity index (χ2n) is 2.46. The number of rotatable bonds is 0. The second kappa shape index (κ2) is 2.31. The van der Waals surface area contributed by atoms with Gasteiger partial charge in [-0.15, -0.1) is 0 Å². The van der Waals surface area contributed by atoms with Crippen LogP contribution in [0, 0.1) is 11.3 Å². The standard InChI is InChI=1S/C8H6N4/c1-12-8-6(3-2-4-10-8)7(5-9)11-12/h2-4H,1H3. The van der Waals surface area contributed by atoms with Crippen LogP contribution >= 0.6 is 0 Å². The molecule has 12 heavy (non-hydrogen) atoms. The smallest absolute Gasteiger partial charge is 0.171 e. The molecule has 0 saturated heterocycles. The van der Waals surface area contributed by atoms with Crippen molar-refractivity contribution in [2.75, 3.05) is 0 Å². The Bertz CT molecular complexity index is 463. The van der Waals surface area contributed by atoms with E-state index in [4.69, 9.17) is 5.26 Å². The van der Waals surface area contributed by atoms with E-state index in [9.17, 15) is 0 Å². The van der Waals surface area contributed by atoms with Crippen LogP contribution in [0.15, 0.2) is 18.3 Å².